The van der Waals surface area contributed by atoms with Gasteiger partial charge in [-0.25, -0.2) is 4.79 Å². The molecular weight excluding hydrogens is 588 g/mol. The highest BCUT2D eigenvalue weighted by atomic mass is 16.8. The van der Waals surface area contributed by atoms with Crippen molar-refractivity contribution < 1.29 is 56.9 Å². The van der Waals surface area contributed by atoms with E-state index in [9.17, 15) is 4.79 Å². The Morgan fingerprint density at radius 3 is 2.36 bits per heavy atom. The van der Waals surface area contributed by atoms with Crippen LogP contribution >= 0.6 is 0 Å². The molecule has 7 rings (SSSR count). The number of hydrogen-bond donors (Lipinski definition) is 0. The van der Waals surface area contributed by atoms with E-state index >= 15 is 0 Å². The average Bonchev–Trinajstić information content (AvgIpc) is 3.75. The molecule has 0 radical (unpaired) electrons. The summed E-state index contributed by atoms with van der Waals surface area (Å²) in [5.74, 6) is 1.23. The molecule has 5 atom stereocenters. The average molecular weight is 625 g/mol. The number of cyclic esters (lactones) is 1. The first-order valence-electron chi connectivity index (χ1n) is 14.9. The minimum atomic E-state index is -0.952. The van der Waals surface area contributed by atoms with Gasteiger partial charge in [-0.3, -0.25) is 0 Å². The second-order valence-corrected chi connectivity index (χ2v) is 11.5. The zero-order chi connectivity index (χ0) is 31.5. The Kier molecular flexibility index (Phi) is 7.65. The van der Waals surface area contributed by atoms with Gasteiger partial charge in [0.15, 0.2) is 28.8 Å². The molecule has 0 aromatic heterocycles. The predicted octanol–water partition coefficient (Wildman–Crippen LogP) is 4.60. The van der Waals surface area contributed by atoms with Gasteiger partial charge in [0.05, 0.1) is 26.4 Å². The van der Waals surface area contributed by atoms with Crippen molar-refractivity contribution in [2.45, 2.75) is 63.9 Å². The molecule has 12 heteroatoms. The van der Waals surface area contributed by atoms with Crippen LogP contribution in [0, 0.1) is 0 Å². The van der Waals surface area contributed by atoms with Gasteiger partial charge in [0, 0.05) is 30.2 Å². The van der Waals surface area contributed by atoms with Crippen molar-refractivity contribution in [2.75, 3.05) is 41.3 Å². The van der Waals surface area contributed by atoms with Crippen molar-refractivity contribution in [1.82, 2.24) is 0 Å². The number of benzene rings is 3. The predicted molar refractivity (Wildman–Crippen MR) is 158 cm³/mol. The molecule has 4 aliphatic heterocycles. The Morgan fingerprint density at radius 2 is 1.62 bits per heavy atom. The fourth-order valence-electron chi connectivity index (χ4n) is 6.56. The summed E-state index contributed by atoms with van der Waals surface area (Å²) in [7, 11) is 4.69. The molecule has 12 nitrogen and oxygen atoms in total. The summed E-state index contributed by atoms with van der Waals surface area (Å²) in [6.07, 6.45) is -3.08. The molecule has 0 spiro atoms. The summed E-state index contributed by atoms with van der Waals surface area (Å²) in [5, 5.41) is 1.33. The molecule has 4 heterocycles. The van der Waals surface area contributed by atoms with Crippen molar-refractivity contribution >= 4 is 16.7 Å². The molecule has 2 saturated heterocycles. The number of esters is 1. The van der Waals surface area contributed by atoms with Crippen molar-refractivity contribution in [2.24, 2.45) is 0 Å². The van der Waals surface area contributed by atoms with Crippen LogP contribution in [0.5, 0.6) is 28.7 Å². The SMILES string of the molecule is CCOCC1OC(Oc2c3c(c(-c4ccc5c(c4)OCO5)c4cc(OC)c(OC)cc24)C(=O)OC3)C(OC)C2OC(C)(C)OC12. The highest BCUT2D eigenvalue weighted by Gasteiger charge is 2.56. The van der Waals surface area contributed by atoms with Crippen LogP contribution in [0.25, 0.3) is 21.9 Å². The van der Waals surface area contributed by atoms with Gasteiger partial charge in [0.1, 0.15) is 36.8 Å². The van der Waals surface area contributed by atoms with Gasteiger partial charge in [-0.2, -0.15) is 0 Å². The monoisotopic (exact) mass is 624 g/mol. The summed E-state index contributed by atoms with van der Waals surface area (Å²) in [6.45, 7) is 6.50. The maximum absolute atomic E-state index is 13.5. The standard InChI is InChI=1S/C33H36O12/c1-7-38-14-24-28-29(45-33(2,3)44-28)30(37-6)32(42-24)43-27-18-12-22(36-5)21(35-4)11-17(18)25(26-19(27)13-39-31(26)34)16-8-9-20-23(10-16)41-15-40-20/h8-12,24,28-30,32H,7,13-15H2,1-6H3. The molecule has 5 unspecified atom stereocenters. The first-order valence-corrected chi connectivity index (χ1v) is 14.9. The maximum atomic E-state index is 13.5. The second-order valence-electron chi connectivity index (χ2n) is 11.5. The van der Waals surface area contributed by atoms with E-state index in [-0.39, 0.29) is 20.0 Å². The van der Waals surface area contributed by atoms with Crippen molar-refractivity contribution in [1.29, 1.82) is 0 Å². The molecule has 0 N–H and O–H groups in total. The number of ether oxygens (including phenoxy) is 11. The van der Waals surface area contributed by atoms with Gasteiger partial charge in [0.25, 0.3) is 0 Å². The number of hydrogen-bond acceptors (Lipinski definition) is 12. The summed E-state index contributed by atoms with van der Waals surface area (Å²) in [6, 6.07) is 9.21. The van der Waals surface area contributed by atoms with Crippen LogP contribution in [0.1, 0.15) is 36.7 Å². The second kappa shape index (κ2) is 11.5. The zero-order valence-corrected chi connectivity index (χ0v) is 26.0. The van der Waals surface area contributed by atoms with E-state index in [1.165, 1.54) is 0 Å². The smallest absolute Gasteiger partial charge is 0.339 e. The van der Waals surface area contributed by atoms with Crippen molar-refractivity contribution in [3.05, 3.63) is 41.5 Å². The summed E-state index contributed by atoms with van der Waals surface area (Å²) in [4.78, 5) is 13.5. The van der Waals surface area contributed by atoms with Gasteiger partial charge in [-0.05, 0) is 56.0 Å². The van der Waals surface area contributed by atoms with E-state index in [2.05, 4.69) is 0 Å². The maximum Gasteiger partial charge on any atom is 0.339 e. The molecule has 3 aromatic carbocycles. The minimum absolute atomic E-state index is 0.00320. The lowest BCUT2D eigenvalue weighted by atomic mass is 9.89. The third-order valence-electron chi connectivity index (χ3n) is 8.50. The fourth-order valence-corrected chi connectivity index (χ4v) is 6.56. The Bertz CT molecular complexity index is 1630. The van der Waals surface area contributed by atoms with Crippen LogP contribution in [0.2, 0.25) is 0 Å². The molecule has 0 amide bonds. The van der Waals surface area contributed by atoms with Crippen LogP contribution < -0.4 is 23.7 Å². The first-order chi connectivity index (χ1) is 21.8. The molecule has 45 heavy (non-hydrogen) atoms. The molecule has 4 aliphatic rings. The number of carbonyl (C=O) groups excluding carboxylic acids is 1. The largest absolute Gasteiger partial charge is 0.493 e. The molecule has 3 aromatic rings. The van der Waals surface area contributed by atoms with Crippen molar-refractivity contribution in [3.8, 4) is 39.9 Å². The van der Waals surface area contributed by atoms with Crippen LogP contribution in [-0.4, -0.2) is 83.8 Å². The van der Waals surface area contributed by atoms with Crippen LogP contribution in [0.15, 0.2) is 30.3 Å². The van der Waals surface area contributed by atoms with Crippen LogP contribution in [-0.2, 0) is 35.0 Å². The third kappa shape index (κ3) is 5.01. The van der Waals surface area contributed by atoms with E-state index in [0.717, 1.165) is 5.56 Å². The Balaban J connectivity index is 1.40. The Hall–Kier alpha value is -3.81. The molecular formula is C33H36O12. The van der Waals surface area contributed by atoms with Gasteiger partial charge in [0.2, 0.25) is 13.1 Å². The highest BCUT2D eigenvalue weighted by molar-refractivity contribution is 6.14. The topological polar surface area (TPSA) is 119 Å². The van der Waals surface area contributed by atoms with Crippen LogP contribution in [0.3, 0.4) is 0 Å². The van der Waals surface area contributed by atoms with Gasteiger partial charge in [-0.1, -0.05) is 6.07 Å². The van der Waals surface area contributed by atoms with E-state index < -0.39 is 42.5 Å². The third-order valence-corrected chi connectivity index (χ3v) is 8.50. The van der Waals surface area contributed by atoms with Gasteiger partial charge >= 0.3 is 5.97 Å². The van der Waals surface area contributed by atoms with Gasteiger partial charge in [-0.15, -0.1) is 0 Å². The van der Waals surface area contributed by atoms with E-state index in [4.69, 9.17) is 52.1 Å². The Labute approximate surface area is 260 Å². The summed E-state index contributed by atoms with van der Waals surface area (Å²) < 4.78 is 65.7. The normalized spacial score (nSPS) is 26.0. The molecule has 0 bridgehead atoms. The highest BCUT2D eigenvalue weighted by Crippen LogP contribution is 2.50. The first kappa shape index (κ1) is 29.9. The molecule has 0 aliphatic carbocycles. The quantitative estimate of drug-likeness (QED) is 0.310. The van der Waals surface area contributed by atoms with Crippen molar-refractivity contribution in [3.63, 3.8) is 0 Å². The van der Waals surface area contributed by atoms with E-state index in [0.29, 0.717) is 62.8 Å². The number of methoxy groups -OCH3 is 3. The molecule has 0 saturated carbocycles. The lowest BCUT2D eigenvalue weighted by Gasteiger charge is -2.41. The number of fused-ring (bicyclic) bond motifs is 4. The minimum Gasteiger partial charge on any atom is -0.493 e. The van der Waals surface area contributed by atoms with E-state index in [1.54, 1.807) is 21.3 Å². The summed E-state index contributed by atoms with van der Waals surface area (Å²) >= 11 is 0. The fraction of sp³-hybridized carbons (Fsp3) is 0.485. The number of carbonyl (C=O) groups is 1. The number of rotatable bonds is 9. The zero-order valence-electron chi connectivity index (χ0n) is 26.0. The molecule has 240 valence electrons. The summed E-state index contributed by atoms with van der Waals surface area (Å²) in [5.41, 5.74) is 2.32. The Morgan fingerprint density at radius 1 is 0.889 bits per heavy atom. The van der Waals surface area contributed by atoms with E-state index in [1.807, 2.05) is 51.1 Å². The van der Waals surface area contributed by atoms with Gasteiger partial charge < -0.3 is 52.1 Å². The lowest BCUT2D eigenvalue weighted by Crippen LogP contribution is -2.59. The molecule has 2 fully saturated rings. The van der Waals surface area contributed by atoms with Crippen LogP contribution in [0.4, 0.5) is 0 Å². The lowest BCUT2D eigenvalue weighted by molar-refractivity contribution is -0.262.